The van der Waals surface area contributed by atoms with E-state index in [4.69, 9.17) is 4.43 Å². The fourth-order valence-corrected chi connectivity index (χ4v) is 5.64. The molecule has 0 bridgehead atoms. The first-order chi connectivity index (χ1) is 11.6. The van der Waals surface area contributed by atoms with Gasteiger partial charge in [-0.3, -0.25) is 0 Å². The summed E-state index contributed by atoms with van der Waals surface area (Å²) >= 11 is 2.33. The molecule has 1 aliphatic rings. The van der Waals surface area contributed by atoms with E-state index < -0.39 is 14.4 Å². The Labute approximate surface area is 169 Å². The van der Waals surface area contributed by atoms with Gasteiger partial charge < -0.3 is 9.53 Å². The zero-order valence-corrected chi connectivity index (χ0v) is 19.7. The molecule has 4 heteroatoms. The number of hydrogen-bond acceptors (Lipinski definition) is 2. The summed E-state index contributed by atoms with van der Waals surface area (Å²) in [6, 6.07) is 8.17. The SMILES string of the molecule is CC(C)(C)[Si](C)(C)O[C@@H](C[C@@H](O)c1ccccc1I)C1CCCCC1. The maximum atomic E-state index is 10.9. The van der Waals surface area contributed by atoms with Crippen LogP contribution in [0, 0.1) is 9.49 Å². The first kappa shape index (κ1) is 21.4. The molecule has 2 atom stereocenters. The number of hydrogen-bond donors (Lipinski definition) is 1. The van der Waals surface area contributed by atoms with Gasteiger partial charge in [-0.25, -0.2) is 0 Å². The Balaban J connectivity index is 2.18. The van der Waals surface area contributed by atoms with Crippen molar-refractivity contribution in [3.8, 4) is 0 Å². The molecule has 0 amide bonds. The molecule has 1 aliphatic carbocycles. The number of halogens is 1. The van der Waals surface area contributed by atoms with Gasteiger partial charge in [0, 0.05) is 9.99 Å². The molecule has 1 aromatic rings. The van der Waals surface area contributed by atoms with Gasteiger partial charge in [0.1, 0.15) is 0 Å². The normalized spacial score (nSPS) is 19.6. The molecular formula is C21H35IO2Si. The summed E-state index contributed by atoms with van der Waals surface area (Å²) in [5, 5.41) is 11.1. The Kier molecular flexibility index (Phi) is 7.57. The van der Waals surface area contributed by atoms with Crippen molar-refractivity contribution in [1.82, 2.24) is 0 Å². The molecule has 0 aromatic heterocycles. The molecule has 142 valence electrons. The maximum absolute atomic E-state index is 10.9. The average Bonchev–Trinajstić information content (AvgIpc) is 2.54. The van der Waals surface area contributed by atoms with Crippen LogP contribution in [0.2, 0.25) is 18.1 Å². The van der Waals surface area contributed by atoms with Crippen LogP contribution in [0.5, 0.6) is 0 Å². The highest BCUT2D eigenvalue weighted by Crippen LogP contribution is 2.41. The summed E-state index contributed by atoms with van der Waals surface area (Å²) in [7, 11) is -1.85. The Bertz CT molecular complexity index is 547. The van der Waals surface area contributed by atoms with Crippen LogP contribution in [0.25, 0.3) is 0 Å². The molecule has 1 aromatic carbocycles. The minimum atomic E-state index is -1.85. The van der Waals surface area contributed by atoms with E-state index in [0.29, 0.717) is 5.92 Å². The number of aliphatic hydroxyl groups excluding tert-OH is 1. The predicted octanol–water partition coefficient (Wildman–Crippen LogP) is 6.69. The largest absolute Gasteiger partial charge is 0.414 e. The molecule has 0 heterocycles. The van der Waals surface area contributed by atoms with Gasteiger partial charge in [-0.05, 0) is 71.1 Å². The van der Waals surface area contributed by atoms with Gasteiger partial charge in [0.15, 0.2) is 8.32 Å². The molecule has 0 aliphatic heterocycles. The molecule has 2 nitrogen and oxygen atoms in total. The fraction of sp³-hybridized carbons (Fsp3) is 0.714. The van der Waals surface area contributed by atoms with Gasteiger partial charge in [-0.1, -0.05) is 58.2 Å². The second-order valence-corrected chi connectivity index (χ2v) is 15.0. The van der Waals surface area contributed by atoms with E-state index in [1.54, 1.807) is 0 Å². The van der Waals surface area contributed by atoms with E-state index in [-0.39, 0.29) is 11.1 Å². The number of benzene rings is 1. The van der Waals surface area contributed by atoms with Crippen LogP contribution in [0.1, 0.15) is 71.0 Å². The fourth-order valence-electron chi connectivity index (χ4n) is 3.49. The maximum Gasteiger partial charge on any atom is 0.192 e. The molecule has 0 saturated heterocycles. The second kappa shape index (κ2) is 8.85. The van der Waals surface area contributed by atoms with Gasteiger partial charge in [0.2, 0.25) is 0 Å². The molecule has 0 spiro atoms. The highest BCUT2D eigenvalue weighted by molar-refractivity contribution is 14.1. The highest BCUT2D eigenvalue weighted by Gasteiger charge is 2.41. The first-order valence-electron chi connectivity index (χ1n) is 9.72. The van der Waals surface area contributed by atoms with Crippen molar-refractivity contribution in [2.75, 3.05) is 0 Å². The van der Waals surface area contributed by atoms with E-state index in [9.17, 15) is 5.11 Å². The third-order valence-electron chi connectivity index (χ3n) is 6.15. The lowest BCUT2D eigenvalue weighted by Crippen LogP contribution is -2.46. The van der Waals surface area contributed by atoms with Crippen molar-refractivity contribution in [3.63, 3.8) is 0 Å². The topological polar surface area (TPSA) is 29.5 Å². The van der Waals surface area contributed by atoms with Crippen LogP contribution in [0.15, 0.2) is 24.3 Å². The summed E-state index contributed by atoms with van der Waals surface area (Å²) in [6.45, 7) is 11.6. The van der Waals surface area contributed by atoms with Gasteiger partial charge in [0.05, 0.1) is 12.2 Å². The smallest absolute Gasteiger partial charge is 0.192 e. The van der Waals surface area contributed by atoms with Crippen LogP contribution >= 0.6 is 22.6 Å². The van der Waals surface area contributed by atoms with E-state index in [1.165, 1.54) is 32.1 Å². The molecule has 1 N–H and O–H groups in total. The molecular weight excluding hydrogens is 439 g/mol. The van der Waals surface area contributed by atoms with Crippen molar-refractivity contribution < 1.29 is 9.53 Å². The summed E-state index contributed by atoms with van der Waals surface area (Å²) in [6.07, 6.45) is 6.91. The Morgan fingerprint density at radius 2 is 1.76 bits per heavy atom. The number of rotatable bonds is 6. The lowest BCUT2D eigenvalue weighted by atomic mass is 9.83. The van der Waals surface area contributed by atoms with E-state index in [1.807, 2.05) is 12.1 Å². The summed E-state index contributed by atoms with van der Waals surface area (Å²) < 4.78 is 7.99. The van der Waals surface area contributed by atoms with Crippen LogP contribution < -0.4 is 0 Å². The zero-order valence-electron chi connectivity index (χ0n) is 16.5. The van der Waals surface area contributed by atoms with E-state index >= 15 is 0 Å². The van der Waals surface area contributed by atoms with Crippen molar-refractivity contribution in [2.24, 2.45) is 5.92 Å². The van der Waals surface area contributed by atoms with Crippen molar-refractivity contribution >= 4 is 30.9 Å². The summed E-state index contributed by atoms with van der Waals surface area (Å²) in [5.74, 6) is 0.596. The Morgan fingerprint density at radius 3 is 2.32 bits per heavy atom. The van der Waals surface area contributed by atoms with Gasteiger partial charge >= 0.3 is 0 Å². The van der Waals surface area contributed by atoms with Crippen LogP contribution in [0.4, 0.5) is 0 Å². The van der Waals surface area contributed by atoms with Gasteiger partial charge in [-0.2, -0.15) is 0 Å². The van der Waals surface area contributed by atoms with Gasteiger partial charge in [0.25, 0.3) is 0 Å². The van der Waals surface area contributed by atoms with E-state index in [0.717, 1.165) is 15.6 Å². The van der Waals surface area contributed by atoms with Gasteiger partial charge in [-0.15, -0.1) is 0 Å². The Hall–Kier alpha value is 0.0869. The molecule has 1 fully saturated rings. The average molecular weight is 474 g/mol. The molecule has 0 radical (unpaired) electrons. The molecule has 1 saturated carbocycles. The van der Waals surface area contributed by atoms with Crippen molar-refractivity contribution in [1.29, 1.82) is 0 Å². The second-order valence-electron chi connectivity index (χ2n) is 9.09. The summed E-state index contributed by atoms with van der Waals surface area (Å²) in [4.78, 5) is 0. The summed E-state index contributed by atoms with van der Waals surface area (Å²) in [5.41, 5.74) is 1.04. The van der Waals surface area contributed by atoms with E-state index in [2.05, 4.69) is 68.6 Å². The lowest BCUT2D eigenvalue weighted by Gasteiger charge is -2.43. The first-order valence-corrected chi connectivity index (χ1v) is 13.7. The monoisotopic (exact) mass is 474 g/mol. The third kappa shape index (κ3) is 5.78. The van der Waals surface area contributed by atoms with Crippen LogP contribution in [-0.4, -0.2) is 19.5 Å². The van der Waals surface area contributed by atoms with Crippen LogP contribution in [0.3, 0.4) is 0 Å². The third-order valence-corrected chi connectivity index (χ3v) is 11.6. The predicted molar refractivity (Wildman–Crippen MR) is 117 cm³/mol. The lowest BCUT2D eigenvalue weighted by molar-refractivity contribution is 0.0377. The standard InChI is InChI=1S/C21H35IO2Si/c1-21(2,3)25(4,5)24-20(16-11-7-6-8-12-16)15-19(23)17-13-9-10-14-18(17)22/h9-10,13-14,16,19-20,23H,6-8,11-12,15H2,1-5H3/t19-,20+/m1/s1. The number of aliphatic hydroxyl groups is 1. The zero-order chi connectivity index (χ0) is 18.7. The molecule has 0 unspecified atom stereocenters. The minimum absolute atomic E-state index is 0.173. The molecule has 2 rings (SSSR count). The minimum Gasteiger partial charge on any atom is -0.414 e. The van der Waals surface area contributed by atoms with Crippen LogP contribution in [-0.2, 0) is 4.43 Å². The quantitative estimate of drug-likeness (QED) is 0.368. The Morgan fingerprint density at radius 1 is 1.16 bits per heavy atom. The molecule has 25 heavy (non-hydrogen) atoms. The van der Waals surface area contributed by atoms with Crippen molar-refractivity contribution in [3.05, 3.63) is 33.4 Å². The van der Waals surface area contributed by atoms with Crippen molar-refractivity contribution in [2.45, 2.75) is 89.6 Å². The highest BCUT2D eigenvalue weighted by atomic mass is 127.